The van der Waals surface area contributed by atoms with Crippen LogP contribution >= 0.6 is 22.9 Å². The molecule has 1 aromatic carbocycles. The van der Waals surface area contributed by atoms with Crippen molar-refractivity contribution in [2.75, 3.05) is 11.9 Å². The molecule has 0 radical (unpaired) electrons. The van der Waals surface area contributed by atoms with Gasteiger partial charge in [-0.15, -0.1) is 11.3 Å². The summed E-state index contributed by atoms with van der Waals surface area (Å²) >= 11 is 7.69. The molecule has 0 amide bonds. The Kier molecular flexibility index (Phi) is 4.52. The molecule has 0 aliphatic rings. The number of benzene rings is 1. The Labute approximate surface area is 127 Å². The number of thiophene rings is 1. The van der Waals surface area contributed by atoms with Gasteiger partial charge in [-0.1, -0.05) is 22.8 Å². The average molecular weight is 310 g/mol. The van der Waals surface area contributed by atoms with Gasteiger partial charge in [-0.3, -0.25) is 0 Å². The van der Waals surface area contributed by atoms with Crippen molar-refractivity contribution in [2.24, 2.45) is 10.9 Å². The molecule has 0 spiro atoms. The number of nitrogens with two attached hydrogens (primary N) is 1. The quantitative estimate of drug-likeness (QED) is 0.392. The lowest BCUT2D eigenvalue weighted by Crippen LogP contribution is -2.25. The van der Waals surface area contributed by atoms with Crippen LogP contribution in [0.25, 0.3) is 0 Å². The van der Waals surface area contributed by atoms with Crippen LogP contribution < -0.4 is 10.6 Å². The molecule has 6 heteroatoms. The highest BCUT2D eigenvalue weighted by Gasteiger charge is 2.18. The van der Waals surface area contributed by atoms with E-state index in [1.807, 2.05) is 24.6 Å². The lowest BCUT2D eigenvalue weighted by atomic mass is 10.1. The van der Waals surface area contributed by atoms with E-state index in [1.165, 1.54) is 4.88 Å². The van der Waals surface area contributed by atoms with E-state index in [0.717, 1.165) is 5.69 Å². The van der Waals surface area contributed by atoms with Gasteiger partial charge in [0.1, 0.15) is 0 Å². The summed E-state index contributed by atoms with van der Waals surface area (Å²) < 4.78 is 0. The Balaban J connectivity index is 2.41. The monoisotopic (exact) mass is 309 g/mol. The predicted octanol–water partition coefficient (Wildman–Crippen LogP) is 3.69. The third kappa shape index (κ3) is 2.89. The van der Waals surface area contributed by atoms with Crippen LogP contribution in [0.3, 0.4) is 0 Å². The molecule has 1 unspecified atom stereocenters. The SMILES string of the molecule is CC(c1cccs1)N(C)c1ccc(Cl)cc1C(N)=NO. The number of oxime groups is 1. The van der Waals surface area contributed by atoms with E-state index in [4.69, 9.17) is 22.5 Å². The number of nitrogens with zero attached hydrogens (tertiary/aromatic N) is 2. The zero-order valence-electron chi connectivity index (χ0n) is 11.2. The van der Waals surface area contributed by atoms with Gasteiger partial charge in [0.05, 0.1) is 6.04 Å². The minimum Gasteiger partial charge on any atom is -0.409 e. The number of rotatable bonds is 4. The molecule has 106 valence electrons. The number of hydrogen-bond donors (Lipinski definition) is 2. The summed E-state index contributed by atoms with van der Waals surface area (Å²) in [4.78, 5) is 3.32. The van der Waals surface area contributed by atoms with Gasteiger partial charge in [0.15, 0.2) is 5.84 Å². The number of amidine groups is 1. The second-order valence-electron chi connectivity index (χ2n) is 4.45. The lowest BCUT2D eigenvalue weighted by Gasteiger charge is -2.28. The summed E-state index contributed by atoms with van der Waals surface area (Å²) in [6.07, 6.45) is 0. The molecule has 20 heavy (non-hydrogen) atoms. The van der Waals surface area contributed by atoms with Gasteiger partial charge < -0.3 is 15.8 Å². The second-order valence-corrected chi connectivity index (χ2v) is 5.86. The van der Waals surface area contributed by atoms with Crippen molar-refractivity contribution in [3.8, 4) is 0 Å². The van der Waals surface area contributed by atoms with E-state index in [0.29, 0.717) is 10.6 Å². The van der Waals surface area contributed by atoms with E-state index < -0.39 is 0 Å². The molecule has 1 aromatic heterocycles. The molecule has 1 atom stereocenters. The molecular weight excluding hydrogens is 294 g/mol. The molecule has 3 N–H and O–H groups in total. The van der Waals surface area contributed by atoms with Gasteiger partial charge in [0.25, 0.3) is 0 Å². The van der Waals surface area contributed by atoms with Crippen LogP contribution in [-0.2, 0) is 0 Å². The molecule has 0 saturated carbocycles. The second kappa shape index (κ2) is 6.15. The van der Waals surface area contributed by atoms with Crippen LogP contribution in [0.4, 0.5) is 5.69 Å². The Bertz CT molecular complexity index is 613. The third-order valence-corrected chi connectivity index (χ3v) is 4.54. The molecule has 0 bridgehead atoms. The summed E-state index contributed by atoms with van der Waals surface area (Å²) in [6.45, 7) is 2.11. The van der Waals surface area contributed by atoms with E-state index in [9.17, 15) is 0 Å². The van der Waals surface area contributed by atoms with Crippen molar-refractivity contribution in [1.29, 1.82) is 0 Å². The Morgan fingerprint density at radius 2 is 2.20 bits per heavy atom. The summed E-state index contributed by atoms with van der Waals surface area (Å²) in [5, 5.41) is 14.6. The van der Waals surface area contributed by atoms with E-state index in [1.54, 1.807) is 23.5 Å². The molecule has 0 aliphatic carbocycles. The summed E-state index contributed by atoms with van der Waals surface area (Å²) in [7, 11) is 1.97. The first kappa shape index (κ1) is 14.7. The maximum Gasteiger partial charge on any atom is 0.172 e. The van der Waals surface area contributed by atoms with Crippen molar-refractivity contribution in [2.45, 2.75) is 13.0 Å². The molecule has 0 fully saturated rings. The standard InChI is InChI=1S/C14H16ClN3OS/c1-9(13-4-3-7-20-13)18(2)12-6-5-10(15)8-11(12)14(16)17-19/h3-9,19H,1-2H3,(H2,16,17). The number of halogens is 1. The van der Waals surface area contributed by atoms with Gasteiger partial charge in [-0.2, -0.15) is 0 Å². The first-order valence-corrected chi connectivity index (χ1v) is 7.34. The smallest absolute Gasteiger partial charge is 0.172 e. The van der Waals surface area contributed by atoms with Crippen LogP contribution in [0.2, 0.25) is 5.02 Å². The van der Waals surface area contributed by atoms with Crippen molar-refractivity contribution in [3.63, 3.8) is 0 Å². The summed E-state index contributed by atoms with van der Waals surface area (Å²) in [6, 6.07) is 9.66. The van der Waals surface area contributed by atoms with Gasteiger partial charge in [0, 0.05) is 28.2 Å². The van der Waals surface area contributed by atoms with Crippen LogP contribution in [0.15, 0.2) is 40.9 Å². The van der Waals surface area contributed by atoms with Crippen LogP contribution in [0.5, 0.6) is 0 Å². The zero-order valence-corrected chi connectivity index (χ0v) is 12.8. The third-order valence-electron chi connectivity index (χ3n) is 3.26. The highest BCUT2D eigenvalue weighted by Crippen LogP contribution is 2.31. The van der Waals surface area contributed by atoms with Crippen molar-refractivity contribution >= 4 is 34.5 Å². The van der Waals surface area contributed by atoms with E-state index in [-0.39, 0.29) is 11.9 Å². The van der Waals surface area contributed by atoms with E-state index in [2.05, 4.69) is 23.0 Å². The zero-order chi connectivity index (χ0) is 14.7. The Morgan fingerprint density at radius 3 is 2.80 bits per heavy atom. The molecule has 2 aromatic rings. The van der Waals surface area contributed by atoms with Crippen molar-refractivity contribution in [3.05, 3.63) is 51.2 Å². The van der Waals surface area contributed by atoms with Crippen molar-refractivity contribution < 1.29 is 5.21 Å². The maximum absolute atomic E-state index is 8.91. The van der Waals surface area contributed by atoms with Crippen molar-refractivity contribution in [1.82, 2.24) is 0 Å². The molecular formula is C14H16ClN3OS. The first-order chi connectivity index (χ1) is 9.54. The van der Waals surface area contributed by atoms with Crippen LogP contribution in [0, 0.1) is 0 Å². The predicted molar refractivity (Wildman–Crippen MR) is 85.1 cm³/mol. The maximum atomic E-state index is 8.91. The fourth-order valence-electron chi connectivity index (χ4n) is 2.00. The van der Waals surface area contributed by atoms with Gasteiger partial charge in [-0.05, 0) is 36.6 Å². The normalized spacial score (nSPS) is 13.2. The Hall–Kier alpha value is -1.72. The average Bonchev–Trinajstić information content (AvgIpc) is 2.99. The van der Waals surface area contributed by atoms with Gasteiger partial charge >= 0.3 is 0 Å². The van der Waals surface area contributed by atoms with Gasteiger partial charge in [-0.25, -0.2) is 0 Å². The fourth-order valence-corrected chi connectivity index (χ4v) is 3.00. The fraction of sp³-hybridized carbons (Fsp3) is 0.214. The number of anilines is 1. The van der Waals surface area contributed by atoms with Crippen LogP contribution in [0.1, 0.15) is 23.4 Å². The van der Waals surface area contributed by atoms with Gasteiger partial charge in [0.2, 0.25) is 0 Å². The molecule has 1 heterocycles. The summed E-state index contributed by atoms with van der Waals surface area (Å²) in [5.74, 6) is 0.0488. The molecule has 0 saturated heterocycles. The minimum atomic E-state index is 0.0488. The largest absolute Gasteiger partial charge is 0.409 e. The summed E-state index contributed by atoms with van der Waals surface area (Å²) in [5.41, 5.74) is 7.22. The molecule has 4 nitrogen and oxygen atoms in total. The minimum absolute atomic E-state index is 0.0488. The number of hydrogen-bond acceptors (Lipinski definition) is 4. The topological polar surface area (TPSA) is 61.8 Å². The Morgan fingerprint density at radius 1 is 1.45 bits per heavy atom. The highest BCUT2D eigenvalue weighted by molar-refractivity contribution is 7.10. The van der Waals surface area contributed by atoms with E-state index >= 15 is 0 Å². The van der Waals surface area contributed by atoms with Crippen LogP contribution in [-0.4, -0.2) is 18.1 Å². The molecule has 2 rings (SSSR count). The lowest BCUT2D eigenvalue weighted by molar-refractivity contribution is 0.318. The molecule has 0 aliphatic heterocycles. The first-order valence-electron chi connectivity index (χ1n) is 6.08. The highest BCUT2D eigenvalue weighted by atomic mass is 35.5.